The van der Waals surface area contributed by atoms with Gasteiger partial charge < -0.3 is 4.42 Å². The quantitative estimate of drug-likeness (QED) is 0.251. The molecule has 2 aromatic heterocycles. The number of benzene rings is 2. The third-order valence-corrected chi connectivity index (χ3v) is 6.41. The highest BCUT2D eigenvalue weighted by Crippen LogP contribution is 2.37. The summed E-state index contributed by atoms with van der Waals surface area (Å²) in [6, 6.07) is 11.1. The Kier molecular flexibility index (Phi) is 6.49. The monoisotopic (exact) mass is 537 g/mol. The minimum atomic E-state index is -4.50. The van der Waals surface area contributed by atoms with Crippen LogP contribution in [0.5, 0.6) is 0 Å². The van der Waals surface area contributed by atoms with Crippen molar-refractivity contribution < 1.29 is 30.8 Å². The summed E-state index contributed by atoms with van der Waals surface area (Å²) in [6.07, 6.45) is -6.65. The van der Waals surface area contributed by atoms with E-state index in [1.807, 2.05) is 0 Å². The van der Waals surface area contributed by atoms with Crippen molar-refractivity contribution in [2.75, 3.05) is 6.54 Å². The lowest BCUT2D eigenvalue weighted by Crippen LogP contribution is -2.30. The zero-order chi connectivity index (χ0) is 26.4. The van der Waals surface area contributed by atoms with Gasteiger partial charge in [0.2, 0.25) is 0 Å². The molecular formula is C26H18ClF6N3O. The molecule has 0 spiro atoms. The van der Waals surface area contributed by atoms with Crippen molar-refractivity contribution in [3.63, 3.8) is 0 Å². The molecule has 4 aromatic rings. The van der Waals surface area contributed by atoms with Gasteiger partial charge in [-0.2, -0.15) is 26.3 Å². The predicted octanol–water partition coefficient (Wildman–Crippen LogP) is 7.65. The van der Waals surface area contributed by atoms with E-state index in [2.05, 4.69) is 14.9 Å². The van der Waals surface area contributed by atoms with E-state index in [9.17, 15) is 26.3 Å². The lowest BCUT2D eigenvalue weighted by Gasteiger charge is -2.27. The Morgan fingerprint density at radius 3 is 2.30 bits per heavy atom. The predicted molar refractivity (Wildman–Crippen MR) is 124 cm³/mol. The highest BCUT2D eigenvalue weighted by Gasteiger charge is 2.32. The van der Waals surface area contributed by atoms with Crippen LogP contribution in [0.2, 0.25) is 5.02 Å². The zero-order valence-electron chi connectivity index (χ0n) is 19.0. The number of furan rings is 1. The highest BCUT2D eigenvalue weighted by atomic mass is 35.5. The molecule has 0 saturated heterocycles. The molecule has 0 bridgehead atoms. The van der Waals surface area contributed by atoms with Gasteiger partial charge in [-0.05, 0) is 42.5 Å². The lowest BCUT2D eigenvalue weighted by atomic mass is 10.1. The van der Waals surface area contributed by atoms with Gasteiger partial charge in [-0.3, -0.25) is 4.90 Å². The van der Waals surface area contributed by atoms with Crippen molar-refractivity contribution in [1.82, 2.24) is 14.9 Å². The van der Waals surface area contributed by atoms with Crippen LogP contribution in [0.3, 0.4) is 0 Å². The minimum absolute atomic E-state index is 0.154. The molecular weight excluding hydrogens is 520 g/mol. The summed E-state index contributed by atoms with van der Waals surface area (Å²) < 4.78 is 83.6. The van der Waals surface area contributed by atoms with Gasteiger partial charge in [0.15, 0.2) is 5.82 Å². The molecule has 0 atom stereocenters. The average Bonchev–Trinajstić information content (AvgIpc) is 3.31. The molecule has 192 valence electrons. The van der Waals surface area contributed by atoms with Gasteiger partial charge in [0, 0.05) is 42.4 Å². The fraction of sp³-hybridized carbons (Fsp3) is 0.231. The topological polar surface area (TPSA) is 42.2 Å². The highest BCUT2D eigenvalue weighted by molar-refractivity contribution is 6.33. The van der Waals surface area contributed by atoms with Crippen LogP contribution in [-0.4, -0.2) is 21.4 Å². The third kappa shape index (κ3) is 5.50. The van der Waals surface area contributed by atoms with E-state index < -0.39 is 23.5 Å². The van der Waals surface area contributed by atoms with E-state index in [1.54, 1.807) is 18.3 Å². The van der Waals surface area contributed by atoms with E-state index >= 15 is 0 Å². The average molecular weight is 538 g/mol. The van der Waals surface area contributed by atoms with Crippen molar-refractivity contribution in [3.05, 3.63) is 94.0 Å². The van der Waals surface area contributed by atoms with E-state index in [1.165, 1.54) is 18.2 Å². The molecule has 0 unspecified atom stereocenters. The first-order valence-corrected chi connectivity index (χ1v) is 11.6. The Labute approximate surface area is 212 Å². The summed E-state index contributed by atoms with van der Waals surface area (Å²) in [5, 5.41) is 0.154. The molecule has 0 amide bonds. The molecule has 1 aliphatic heterocycles. The smallest absolute Gasteiger partial charge is 0.416 e. The van der Waals surface area contributed by atoms with Crippen LogP contribution in [0.25, 0.3) is 22.7 Å². The molecule has 0 saturated carbocycles. The number of halogens is 7. The molecule has 1 aliphatic rings. The fourth-order valence-electron chi connectivity index (χ4n) is 4.18. The van der Waals surface area contributed by atoms with E-state index in [0.717, 1.165) is 35.5 Å². The summed E-state index contributed by atoms with van der Waals surface area (Å²) >= 11 is 6.12. The maximum atomic E-state index is 13.1. The molecule has 3 heterocycles. The normalized spacial score (nSPS) is 14.6. The number of alkyl halides is 6. The van der Waals surface area contributed by atoms with Crippen LogP contribution in [0.15, 0.2) is 65.2 Å². The van der Waals surface area contributed by atoms with E-state index in [-0.39, 0.29) is 16.3 Å². The first-order valence-electron chi connectivity index (χ1n) is 11.2. The minimum Gasteiger partial charge on any atom is -0.460 e. The maximum absolute atomic E-state index is 13.1. The van der Waals surface area contributed by atoms with Crippen molar-refractivity contribution in [1.29, 1.82) is 0 Å². The molecule has 11 heteroatoms. The van der Waals surface area contributed by atoms with Gasteiger partial charge in [0.25, 0.3) is 0 Å². The first-order chi connectivity index (χ1) is 17.5. The molecule has 0 aliphatic carbocycles. The summed E-state index contributed by atoms with van der Waals surface area (Å²) in [7, 11) is 0. The van der Waals surface area contributed by atoms with Crippen molar-refractivity contribution >= 4 is 11.6 Å². The second kappa shape index (κ2) is 9.50. The van der Waals surface area contributed by atoms with Crippen molar-refractivity contribution in [2.24, 2.45) is 0 Å². The SMILES string of the molecule is FC(F)(F)c1ccc(-c2ncc3c(n2)CCN(Cc2ccc(-c4cc(C(F)(F)F)ccc4Cl)o2)C3)cc1. The number of aromatic nitrogens is 2. The standard InChI is InChI=1S/C26H18ClF6N3O/c27-21-7-5-18(26(31,32)33)11-20(21)23-8-6-19(37-23)14-36-10-9-22-16(13-36)12-34-24(35-22)15-1-3-17(4-2-15)25(28,29)30/h1-8,11-12H,9-10,13-14H2. The Morgan fingerprint density at radius 1 is 0.892 bits per heavy atom. The molecule has 0 N–H and O–H groups in total. The third-order valence-electron chi connectivity index (χ3n) is 6.08. The van der Waals surface area contributed by atoms with Crippen molar-refractivity contribution in [2.45, 2.75) is 31.9 Å². The maximum Gasteiger partial charge on any atom is 0.416 e. The van der Waals surface area contributed by atoms with Gasteiger partial charge in [-0.15, -0.1) is 0 Å². The second-order valence-corrected chi connectivity index (χ2v) is 9.07. The Morgan fingerprint density at radius 2 is 1.59 bits per heavy atom. The van der Waals surface area contributed by atoms with Crippen LogP contribution in [0.1, 0.15) is 28.1 Å². The Hall–Kier alpha value is -3.37. The van der Waals surface area contributed by atoms with Crippen LogP contribution in [0, 0.1) is 0 Å². The Bertz CT molecular complexity index is 1430. The number of fused-ring (bicyclic) bond motifs is 1. The summed E-state index contributed by atoms with van der Waals surface area (Å²) in [5.41, 5.74) is 0.812. The van der Waals surface area contributed by atoms with Crippen LogP contribution in [0.4, 0.5) is 26.3 Å². The van der Waals surface area contributed by atoms with Gasteiger partial charge in [-0.1, -0.05) is 23.7 Å². The number of hydrogen-bond acceptors (Lipinski definition) is 4. The summed E-state index contributed by atoms with van der Waals surface area (Å²) in [6.45, 7) is 1.57. The largest absolute Gasteiger partial charge is 0.460 e. The Balaban J connectivity index is 1.28. The molecule has 37 heavy (non-hydrogen) atoms. The van der Waals surface area contributed by atoms with Crippen molar-refractivity contribution in [3.8, 4) is 22.7 Å². The second-order valence-electron chi connectivity index (χ2n) is 8.66. The summed E-state index contributed by atoms with van der Waals surface area (Å²) in [4.78, 5) is 11.0. The zero-order valence-corrected chi connectivity index (χ0v) is 19.8. The van der Waals surface area contributed by atoms with Crippen LogP contribution < -0.4 is 0 Å². The molecule has 0 fully saturated rings. The van der Waals surface area contributed by atoms with Crippen LogP contribution in [-0.2, 0) is 31.9 Å². The first kappa shape index (κ1) is 25.3. The molecule has 4 nitrogen and oxygen atoms in total. The van der Waals surface area contributed by atoms with E-state index in [0.29, 0.717) is 43.2 Å². The van der Waals surface area contributed by atoms with E-state index in [4.69, 9.17) is 16.0 Å². The number of nitrogens with zero attached hydrogens (tertiary/aromatic N) is 3. The van der Waals surface area contributed by atoms with Crippen LogP contribution >= 0.6 is 11.6 Å². The number of hydrogen-bond donors (Lipinski definition) is 0. The number of rotatable bonds is 4. The lowest BCUT2D eigenvalue weighted by molar-refractivity contribution is -0.138. The fourth-order valence-corrected chi connectivity index (χ4v) is 4.39. The van der Waals surface area contributed by atoms with Gasteiger partial charge in [-0.25, -0.2) is 9.97 Å². The van der Waals surface area contributed by atoms with Gasteiger partial charge in [0.1, 0.15) is 11.5 Å². The van der Waals surface area contributed by atoms with Gasteiger partial charge in [0.05, 0.1) is 28.4 Å². The van der Waals surface area contributed by atoms with Gasteiger partial charge >= 0.3 is 12.4 Å². The molecule has 0 radical (unpaired) electrons. The molecule has 2 aromatic carbocycles. The summed E-state index contributed by atoms with van der Waals surface area (Å²) in [5.74, 6) is 1.16. The molecule has 5 rings (SSSR count).